The quantitative estimate of drug-likeness (QED) is 0.452. The van der Waals surface area contributed by atoms with Gasteiger partial charge < -0.3 is 15.3 Å². The number of phenolic OH excluding ortho intramolecular Hbond substituents is 3. The van der Waals surface area contributed by atoms with Crippen molar-refractivity contribution in [2.75, 3.05) is 0 Å². The minimum atomic E-state index is -0.310. The molecule has 12 heavy (non-hydrogen) atoms. The molecule has 1 aromatic carbocycles. The van der Waals surface area contributed by atoms with Crippen molar-refractivity contribution in [3.8, 4) is 17.2 Å². The summed E-state index contributed by atoms with van der Waals surface area (Å²) < 4.78 is 0. The van der Waals surface area contributed by atoms with E-state index in [4.69, 9.17) is 15.3 Å². The van der Waals surface area contributed by atoms with Crippen molar-refractivity contribution >= 4 is 0 Å². The Kier molecular flexibility index (Phi) is 15.4. The first-order valence-electron chi connectivity index (χ1n) is 2.41. The van der Waals surface area contributed by atoms with Gasteiger partial charge in [0, 0.05) is 104 Å². The minimum Gasteiger partial charge on any atom is -0.508 e. The van der Waals surface area contributed by atoms with Crippen LogP contribution in [0.25, 0.3) is 0 Å². The Morgan fingerprint density at radius 3 is 1.58 bits per heavy atom. The molecule has 0 spiro atoms. The van der Waals surface area contributed by atoms with Crippen LogP contribution in [0.15, 0.2) is 18.2 Å². The van der Waals surface area contributed by atoms with E-state index in [1.807, 2.05) is 0 Å². The van der Waals surface area contributed by atoms with Crippen LogP contribution in [0.1, 0.15) is 0 Å². The summed E-state index contributed by atoms with van der Waals surface area (Å²) in [4.78, 5) is 0. The molecule has 0 aliphatic rings. The Balaban J connectivity index is -0.000000270. The number of aromatic hydroxyl groups is 3. The van der Waals surface area contributed by atoms with E-state index in [9.17, 15) is 0 Å². The van der Waals surface area contributed by atoms with Crippen molar-refractivity contribution in [2.45, 2.75) is 0 Å². The van der Waals surface area contributed by atoms with Crippen molar-refractivity contribution in [2.24, 2.45) is 0 Å². The number of phenols is 3. The molecule has 0 amide bonds. The van der Waals surface area contributed by atoms with Crippen molar-refractivity contribution in [3.63, 3.8) is 0 Å². The van der Waals surface area contributed by atoms with Crippen LogP contribution in [0.4, 0.5) is 0 Å². The van der Waals surface area contributed by atoms with Gasteiger partial charge in [-0.05, 0) is 12.1 Å². The summed E-state index contributed by atoms with van der Waals surface area (Å²) in [5, 5.41) is 26.0. The summed E-state index contributed by atoms with van der Waals surface area (Å²) in [5.74, 6) is -0.604. The molecule has 3 N–H and O–H groups in total. The fraction of sp³-hybridized carbons (Fsp3) is 0. The van der Waals surface area contributed by atoms with Gasteiger partial charge in [0.15, 0.2) is 11.5 Å². The SMILES string of the molecule is Oc1ccc(O)c(O)c1.[Y].[Y].[Y]. The summed E-state index contributed by atoms with van der Waals surface area (Å²) in [6, 6.07) is 3.56. The van der Waals surface area contributed by atoms with E-state index < -0.39 is 0 Å². The van der Waals surface area contributed by atoms with E-state index in [2.05, 4.69) is 0 Å². The Morgan fingerprint density at radius 2 is 1.25 bits per heavy atom. The van der Waals surface area contributed by atoms with E-state index in [0.717, 1.165) is 6.07 Å². The monoisotopic (exact) mass is 393 g/mol. The van der Waals surface area contributed by atoms with E-state index in [1.165, 1.54) is 12.1 Å². The first-order valence-corrected chi connectivity index (χ1v) is 2.41. The number of hydrogen-bond acceptors (Lipinski definition) is 3. The number of rotatable bonds is 0. The first kappa shape index (κ1) is 19.5. The summed E-state index contributed by atoms with van der Waals surface area (Å²) in [6.07, 6.45) is 0. The smallest absolute Gasteiger partial charge is 0.161 e. The zero-order valence-electron chi connectivity index (χ0n) is 6.31. The molecule has 0 heterocycles. The third-order valence-corrected chi connectivity index (χ3v) is 0.959. The van der Waals surface area contributed by atoms with Crippen LogP contribution in [-0.4, -0.2) is 15.3 Å². The molecule has 1 rings (SSSR count). The molecule has 0 fully saturated rings. The van der Waals surface area contributed by atoms with Crippen LogP contribution in [0.3, 0.4) is 0 Å². The molecule has 0 bridgehead atoms. The second kappa shape index (κ2) is 9.49. The molecule has 6 heteroatoms. The summed E-state index contributed by atoms with van der Waals surface area (Å²) in [6.45, 7) is 0. The molecule has 0 aliphatic heterocycles. The fourth-order valence-corrected chi connectivity index (χ4v) is 0.512. The topological polar surface area (TPSA) is 60.7 Å². The maximum absolute atomic E-state index is 8.69. The first-order chi connectivity index (χ1) is 4.20. The number of hydrogen-bond donors (Lipinski definition) is 3. The minimum absolute atomic E-state index is 0. The van der Waals surface area contributed by atoms with Crippen molar-refractivity contribution < 1.29 is 113 Å². The molecule has 0 saturated carbocycles. The van der Waals surface area contributed by atoms with Gasteiger partial charge in [0.25, 0.3) is 0 Å². The number of benzene rings is 1. The van der Waals surface area contributed by atoms with Gasteiger partial charge in [-0.1, -0.05) is 0 Å². The van der Waals surface area contributed by atoms with Crippen LogP contribution in [0.2, 0.25) is 0 Å². The van der Waals surface area contributed by atoms with Gasteiger partial charge in [-0.15, -0.1) is 0 Å². The summed E-state index contributed by atoms with van der Waals surface area (Å²) in [7, 11) is 0. The van der Waals surface area contributed by atoms with Gasteiger partial charge in [-0.3, -0.25) is 0 Å². The Labute approximate surface area is 146 Å². The van der Waals surface area contributed by atoms with Crippen molar-refractivity contribution in [1.29, 1.82) is 0 Å². The van der Waals surface area contributed by atoms with Crippen LogP contribution in [0, 0.1) is 0 Å². The molecular weight excluding hydrogens is 387 g/mol. The molecule has 0 aromatic heterocycles. The molecule has 0 aliphatic carbocycles. The van der Waals surface area contributed by atoms with E-state index in [1.54, 1.807) is 0 Å². The average Bonchev–Trinajstić information content (AvgIpc) is 1.80. The molecule has 0 unspecified atom stereocenters. The third-order valence-electron chi connectivity index (χ3n) is 0.959. The van der Waals surface area contributed by atoms with Crippen LogP contribution >= 0.6 is 0 Å². The van der Waals surface area contributed by atoms with E-state index >= 15 is 0 Å². The van der Waals surface area contributed by atoms with Gasteiger partial charge in [0.1, 0.15) is 5.75 Å². The maximum Gasteiger partial charge on any atom is 0.161 e. The van der Waals surface area contributed by atoms with E-state index in [-0.39, 0.29) is 115 Å². The predicted octanol–water partition coefficient (Wildman–Crippen LogP) is 0.796. The molecule has 0 saturated heterocycles. The Hall–Kier alpha value is 1.93. The molecule has 3 radical (unpaired) electrons. The maximum atomic E-state index is 8.69. The standard InChI is InChI=1S/C6H6O3.3Y/c7-4-1-2-5(8)6(9)3-4;;;/h1-3,7-9H;;;. The average molecular weight is 393 g/mol. The van der Waals surface area contributed by atoms with Crippen molar-refractivity contribution in [1.82, 2.24) is 0 Å². The van der Waals surface area contributed by atoms with Gasteiger partial charge in [-0.2, -0.15) is 0 Å². The summed E-state index contributed by atoms with van der Waals surface area (Å²) >= 11 is 0. The second-order valence-electron chi connectivity index (χ2n) is 1.67. The van der Waals surface area contributed by atoms with Gasteiger partial charge >= 0.3 is 0 Å². The summed E-state index contributed by atoms with van der Waals surface area (Å²) in [5.41, 5.74) is 0. The Morgan fingerprint density at radius 1 is 0.750 bits per heavy atom. The normalized spacial score (nSPS) is 7.00. The Bertz CT molecular complexity index is 229. The zero-order valence-corrected chi connectivity index (χ0v) is 14.8. The van der Waals surface area contributed by atoms with E-state index in [0.29, 0.717) is 0 Å². The van der Waals surface area contributed by atoms with Crippen LogP contribution < -0.4 is 0 Å². The zero-order chi connectivity index (χ0) is 6.85. The molecule has 57 valence electrons. The van der Waals surface area contributed by atoms with Crippen LogP contribution in [0.5, 0.6) is 17.2 Å². The molecule has 0 atom stereocenters. The third kappa shape index (κ3) is 6.40. The van der Waals surface area contributed by atoms with Crippen LogP contribution in [-0.2, 0) is 98.1 Å². The molecular formula is C6H6O3Y3. The fourth-order valence-electron chi connectivity index (χ4n) is 0.512. The second-order valence-corrected chi connectivity index (χ2v) is 1.67. The van der Waals surface area contributed by atoms with Gasteiger partial charge in [0.05, 0.1) is 0 Å². The van der Waals surface area contributed by atoms with Crippen molar-refractivity contribution in [3.05, 3.63) is 18.2 Å². The molecule has 1 aromatic rings. The molecule has 3 nitrogen and oxygen atoms in total. The predicted molar refractivity (Wildman–Crippen MR) is 31.4 cm³/mol. The van der Waals surface area contributed by atoms with Gasteiger partial charge in [0.2, 0.25) is 0 Å². The largest absolute Gasteiger partial charge is 0.508 e. The van der Waals surface area contributed by atoms with Gasteiger partial charge in [-0.25, -0.2) is 0 Å².